The van der Waals surface area contributed by atoms with Gasteiger partial charge < -0.3 is 10.2 Å². The van der Waals surface area contributed by atoms with E-state index in [0.717, 1.165) is 19.4 Å². The molecule has 1 saturated heterocycles. The maximum absolute atomic E-state index is 12.9. The number of halogens is 1. The molecule has 1 atom stereocenters. The van der Waals surface area contributed by atoms with Crippen LogP contribution in [0.15, 0.2) is 36.5 Å². The van der Waals surface area contributed by atoms with Crippen molar-refractivity contribution in [2.45, 2.75) is 26.3 Å². The summed E-state index contributed by atoms with van der Waals surface area (Å²) < 4.78 is 14.7. The van der Waals surface area contributed by atoms with Crippen molar-refractivity contribution in [2.75, 3.05) is 19.6 Å². The second kappa shape index (κ2) is 8.12. The Bertz CT molecular complexity index is 772. The second-order valence-electron chi connectivity index (χ2n) is 6.53. The predicted molar refractivity (Wildman–Crippen MR) is 95.3 cm³/mol. The number of aryl methyl sites for hydroxylation is 1. The van der Waals surface area contributed by atoms with Crippen molar-refractivity contribution in [1.29, 1.82) is 0 Å². The fraction of sp³-hybridized carbons (Fsp3) is 0.421. The molecule has 3 rings (SSSR count). The van der Waals surface area contributed by atoms with Gasteiger partial charge in [0.25, 0.3) is 11.8 Å². The zero-order chi connectivity index (χ0) is 18.5. The number of carbonyl (C=O) groups is 2. The van der Waals surface area contributed by atoms with Gasteiger partial charge in [-0.05, 0) is 56.0 Å². The summed E-state index contributed by atoms with van der Waals surface area (Å²) in [5, 5.41) is 7.16. The summed E-state index contributed by atoms with van der Waals surface area (Å²) in [5.41, 5.74) is 0.892. The van der Waals surface area contributed by atoms with Gasteiger partial charge >= 0.3 is 0 Å². The first-order valence-corrected chi connectivity index (χ1v) is 8.93. The number of carbonyl (C=O) groups excluding carboxylic acids is 2. The molecule has 0 bridgehead atoms. The van der Waals surface area contributed by atoms with Crippen molar-refractivity contribution < 1.29 is 14.0 Å². The first kappa shape index (κ1) is 18.1. The maximum atomic E-state index is 12.9. The Hall–Kier alpha value is -2.70. The zero-order valence-electron chi connectivity index (χ0n) is 14.8. The molecule has 0 saturated carbocycles. The lowest BCUT2D eigenvalue weighted by atomic mass is 9.97. The Labute approximate surface area is 152 Å². The van der Waals surface area contributed by atoms with Crippen LogP contribution in [0.5, 0.6) is 0 Å². The van der Waals surface area contributed by atoms with Crippen LogP contribution in [-0.4, -0.2) is 46.1 Å². The van der Waals surface area contributed by atoms with Crippen LogP contribution >= 0.6 is 0 Å². The topological polar surface area (TPSA) is 67.2 Å². The molecule has 26 heavy (non-hydrogen) atoms. The van der Waals surface area contributed by atoms with Crippen LogP contribution < -0.4 is 5.32 Å². The summed E-state index contributed by atoms with van der Waals surface area (Å²) >= 11 is 0. The van der Waals surface area contributed by atoms with Gasteiger partial charge in [-0.25, -0.2) is 4.39 Å². The molecule has 1 aromatic carbocycles. The van der Waals surface area contributed by atoms with Crippen LogP contribution in [0.1, 0.15) is 40.6 Å². The molecule has 0 radical (unpaired) electrons. The van der Waals surface area contributed by atoms with Crippen LogP contribution in [0.2, 0.25) is 0 Å². The second-order valence-corrected chi connectivity index (χ2v) is 6.53. The Morgan fingerprint density at radius 2 is 2.04 bits per heavy atom. The summed E-state index contributed by atoms with van der Waals surface area (Å²) in [4.78, 5) is 26.5. The van der Waals surface area contributed by atoms with E-state index in [2.05, 4.69) is 10.4 Å². The van der Waals surface area contributed by atoms with Crippen LogP contribution in [0.4, 0.5) is 4.39 Å². The number of aromatic nitrogens is 2. The van der Waals surface area contributed by atoms with Crippen LogP contribution in [-0.2, 0) is 6.54 Å². The van der Waals surface area contributed by atoms with Crippen LogP contribution in [0, 0.1) is 11.7 Å². The van der Waals surface area contributed by atoms with Gasteiger partial charge in [-0.1, -0.05) is 0 Å². The number of piperidine rings is 1. The highest BCUT2D eigenvalue weighted by atomic mass is 19.1. The van der Waals surface area contributed by atoms with Gasteiger partial charge in [-0.15, -0.1) is 0 Å². The molecule has 138 valence electrons. The number of benzene rings is 1. The molecule has 2 heterocycles. The molecule has 6 nitrogen and oxygen atoms in total. The first-order valence-electron chi connectivity index (χ1n) is 8.93. The minimum atomic E-state index is -0.367. The predicted octanol–water partition coefficient (Wildman–Crippen LogP) is 2.32. The third-order valence-corrected chi connectivity index (χ3v) is 4.65. The number of hydrogen-bond acceptors (Lipinski definition) is 3. The highest BCUT2D eigenvalue weighted by Crippen LogP contribution is 2.18. The standard InChI is InChI=1S/C19H23FN4O2/c1-2-24-11-9-17(22-24)19(26)23-10-3-4-14(13-23)12-21-18(25)15-5-7-16(20)8-6-15/h5-9,11,14H,2-4,10,12-13H2,1H3,(H,21,25)/t14-/m1/s1. The molecule has 1 fully saturated rings. The van der Waals surface area contributed by atoms with Gasteiger partial charge in [0.05, 0.1) is 0 Å². The summed E-state index contributed by atoms with van der Waals surface area (Å²) in [6, 6.07) is 7.21. The number of hydrogen-bond donors (Lipinski definition) is 1. The number of rotatable bonds is 5. The highest BCUT2D eigenvalue weighted by molar-refractivity contribution is 5.94. The van der Waals surface area contributed by atoms with Crippen molar-refractivity contribution in [3.63, 3.8) is 0 Å². The summed E-state index contributed by atoms with van der Waals surface area (Å²) in [6.07, 6.45) is 3.66. The van der Waals surface area contributed by atoms with Gasteiger partial charge in [-0.2, -0.15) is 5.10 Å². The van der Waals surface area contributed by atoms with Gasteiger partial charge in [0.2, 0.25) is 0 Å². The van der Waals surface area contributed by atoms with E-state index in [-0.39, 0.29) is 23.5 Å². The van der Waals surface area contributed by atoms with Crippen LogP contribution in [0.25, 0.3) is 0 Å². The third kappa shape index (κ3) is 4.28. The summed E-state index contributed by atoms with van der Waals surface area (Å²) in [6.45, 7) is 4.50. The van der Waals surface area contributed by atoms with Gasteiger partial charge in [0.1, 0.15) is 11.5 Å². The smallest absolute Gasteiger partial charge is 0.274 e. The van der Waals surface area contributed by atoms with Crippen LogP contribution in [0.3, 0.4) is 0 Å². The molecule has 1 aromatic heterocycles. The molecule has 0 spiro atoms. The van der Waals surface area contributed by atoms with Crippen molar-refractivity contribution in [1.82, 2.24) is 20.0 Å². The van der Waals surface area contributed by atoms with Gasteiger partial charge in [-0.3, -0.25) is 14.3 Å². The normalized spacial score (nSPS) is 17.2. The highest BCUT2D eigenvalue weighted by Gasteiger charge is 2.26. The average Bonchev–Trinajstić information content (AvgIpc) is 3.15. The molecule has 0 aliphatic carbocycles. The summed E-state index contributed by atoms with van der Waals surface area (Å²) in [7, 11) is 0. The SMILES string of the molecule is CCn1ccc(C(=O)N2CCC[C@H](CNC(=O)c3ccc(F)cc3)C2)n1. The van der Waals surface area contributed by atoms with E-state index in [9.17, 15) is 14.0 Å². The van der Waals surface area contributed by atoms with E-state index in [1.54, 1.807) is 21.8 Å². The van der Waals surface area contributed by atoms with E-state index in [1.165, 1.54) is 24.3 Å². The largest absolute Gasteiger partial charge is 0.352 e. The molecule has 2 aromatic rings. The van der Waals surface area contributed by atoms with Gasteiger partial charge in [0.15, 0.2) is 0 Å². The minimum Gasteiger partial charge on any atom is -0.352 e. The van der Waals surface area contributed by atoms with E-state index in [1.807, 2.05) is 6.92 Å². The first-order chi connectivity index (χ1) is 12.6. The lowest BCUT2D eigenvalue weighted by molar-refractivity contribution is 0.0664. The Kier molecular flexibility index (Phi) is 5.65. The van der Waals surface area contributed by atoms with Crippen molar-refractivity contribution >= 4 is 11.8 Å². The lowest BCUT2D eigenvalue weighted by Gasteiger charge is -2.32. The van der Waals surface area contributed by atoms with E-state index >= 15 is 0 Å². The average molecular weight is 358 g/mol. The number of likely N-dealkylation sites (tertiary alicyclic amines) is 1. The van der Waals surface area contributed by atoms with Crippen molar-refractivity contribution in [3.05, 3.63) is 53.6 Å². The molecule has 0 unspecified atom stereocenters. The molecule has 2 amide bonds. The molecule has 1 aliphatic heterocycles. The molecule has 1 aliphatic rings. The van der Waals surface area contributed by atoms with E-state index < -0.39 is 0 Å². The molecule has 7 heteroatoms. The van der Waals surface area contributed by atoms with E-state index in [0.29, 0.717) is 30.9 Å². The molecule has 1 N–H and O–H groups in total. The molecular formula is C19H23FN4O2. The number of nitrogens with one attached hydrogen (secondary N) is 1. The van der Waals surface area contributed by atoms with E-state index in [4.69, 9.17) is 0 Å². The zero-order valence-corrected chi connectivity index (χ0v) is 14.8. The number of amides is 2. The third-order valence-electron chi connectivity index (χ3n) is 4.65. The minimum absolute atomic E-state index is 0.0632. The fourth-order valence-corrected chi connectivity index (χ4v) is 3.17. The van der Waals surface area contributed by atoms with Crippen molar-refractivity contribution in [3.8, 4) is 0 Å². The summed E-state index contributed by atoms with van der Waals surface area (Å²) in [5.74, 6) is -0.458. The number of nitrogens with zero attached hydrogens (tertiary/aromatic N) is 3. The monoisotopic (exact) mass is 358 g/mol. The quantitative estimate of drug-likeness (QED) is 0.892. The van der Waals surface area contributed by atoms with Gasteiger partial charge in [0, 0.05) is 37.9 Å². The van der Waals surface area contributed by atoms with Crippen molar-refractivity contribution in [2.24, 2.45) is 5.92 Å². The Morgan fingerprint density at radius 1 is 1.27 bits per heavy atom. The lowest BCUT2D eigenvalue weighted by Crippen LogP contribution is -2.43. The Balaban J connectivity index is 1.54. The fourth-order valence-electron chi connectivity index (χ4n) is 3.17. The molecular weight excluding hydrogens is 335 g/mol. The Morgan fingerprint density at radius 3 is 2.73 bits per heavy atom. The maximum Gasteiger partial charge on any atom is 0.274 e.